The second kappa shape index (κ2) is 33.3. The molecule has 0 saturated carbocycles. The predicted octanol–water partition coefficient (Wildman–Crippen LogP) is -2.30. The van der Waals surface area contributed by atoms with Gasteiger partial charge in [-0.2, -0.15) is 0 Å². The zero-order chi connectivity index (χ0) is 58.8. The third kappa shape index (κ3) is 22.4. The van der Waals surface area contributed by atoms with Crippen molar-refractivity contribution in [1.29, 1.82) is 0 Å². The van der Waals surface area contributed by atoms with Gasteiger partial charge in [0.1, 0.15) is 42.0 Å². The zero-order valence-corrected chi connectivity index (χ0v) is 45.3. The first-order valence-electron chi connectivity index (χ1n) is 26.0. The molecule has 0 saturated heterocycles. The van der Waals surface area contributed by atoms with Crippen LogP contribution >= 0.6 is 0 Å². The lowest BCUT2D eigenvalue weighted by atomic mass is 10.0. The molecule has 0 aliphatic rings. The number of phenols is 1. The van der Waals surface area contributed by atoms with Crippen LogP contribution in [0, 0.1) is 5.92 Å². The molecule has 0 unspecified atom stereocenters. The number of para-hydroxylation sites is 1. The second-order valence-electron chi connectivity index (χ2n) is 19.3. The number of hydrazine groups is 2. The molecule has 0 fully saturated rings. The molecule has 28 heteroatoms. The maximum atomic E-state index is 14.5. The van der Waals surface area contributed by atoms with Crippen molar-refractivity contribution in [2.75, 3.05) is 32.8 Å². The van der Waals surface area contributed by atoms with Crippen molar-refractivity contribution in [3.8, 4) is 5.75 Å². The average molecular weight is 1110 g/mol. The van der Waals surface area contributed by atoms with E-state index in [9.17, 15) is 63.3 Å². The van der Waals surface area contributed by atoms with Crippen LogP contribution in [0.15, 0.2) is 54.7 Å². The number of nitrogens with zero attached hydrogens (tertiary/aromatic N) is 2. The Labute approximate surface area is 457 Å². The van der Waals surface area contributed by atoms with Crippen molar-refractivity contribution in [3.05, 3.63) is 65.9 Å². The van der Waals surface area contributed by atoms with Crippen LogP contribution in [-0.4, -0.2) is 165 Å². The van der Waals surface area contributed by atoms with Crippen molar-refractivity contribution < 1.29 is 63.3 Å². The fourth-order valence-corrected chi connectivity index (χ4v) is 7.89. The van der Waals surface area contributed by atoms with Crippen molar-refractivity contribution in [1.82, 2.24) is 63.1 Å². The van der Waals surface area contributed by atoms with Crippen LogP contribution in [0.4, 0.5) is 9.59 Å². The molecule has 2 aromatic carbocycles. The Balaban J connectivity index is 1.97. The molecule has 12 amide bonds. The molecule has 0 aliphatic carbocycles. The molecular weight excluding hydrogens is 1030 g/mol. The third-order valence-corrected chi connectivity index (χ3v) is 12.1. The number of hydrogen-bond donors (Lipinski definition) is 16. The second-order valence-corrected chi connectivity index (χ2v) is 19.3. The molecule has 28 nitrogen and oxygen atoms in total. The standard InChI is InChI=1S/C51H79N15O13/c1-29(2)24-40(45(73)56-26-42(54)71)60-44(72)30(3)57-46(74)39(15-9-11-22-53)62-50(78)65(23-20-34-25-55-37-13-7-6-12-36(34)37)64-51(79)66(27-33-16-18-35(70)19-17-33)63-48(76)41(28-67)61-47(75)38(14-8-10-21-52)59-49(77)43(31(4)68)58-32(5)69/h6-7,12-13,16-19,25,29-31,38-41,43,55,67-68,70H,8-11,14-15,20-24,26-28,52-53H2,1-5H3,(H2,54,71)(H,56,73)(H,57,74)(H,58,69)(H,59,77)(H,60,72)(H,61,75)(H,62,78)(H,63,76)(H,64,79)/t30-,31+,38-,39-,40-,41-,43-/m0/s1. The lowest BCUT2D eigenvalue weighted by Gasteiger charge is -2.31. The fourth-order valence-electron chi connectivity index (χ4n) is 7.89. The van der Waals surface area contributed by atoms with Gasteiger partial charge in [-0.25, -0.2) is 25.0 Å². The Hall–Kier alpha value is -8.08. The van der Waals surface area contributed by atoms with Gasteiger partial charge in [-0.1, -0.05) is 44.2 Å². The van der Waals surface area contributed by atoms with E-state index in [1.54, 1.807) is 6.20 Å². The number of phenolic OH excluding ortho intramolecular Hbond substituents is 1. The van der Waals surface area contributed by atoms with Crippen LogP contribution < -0.4 is 65.3 Å². The molecular formula is C51H79N15O13. The van der Waals surface area contributed by atoms with Crippen LogP contribution in [0.3, 0.4) is 0 Å². The summed E-state index contributed by atoms with van der Waals surface area (Å²) in [5, 5.41) is 50.4. The molecule has 1 heterocycles. The van der Waals surface area contributed by atoms with Crippen LogP contribution in [0.1, 0.15) is 90.7 Å². The topological polar surface area (TPSA) is 440 Å². The molecule has 7 atom stereocenters. The summed E-state index contributed by atoms with van der Waals surface area (Å²) in [6.07, 6.45) is 2.11. The molecule has 436 valence electrons. The first-order valence-corrected chi connectivity index (χ1v) is 26.0. The predicted molar refractivity (Wildman–Crippen MR) is 289 cm³/mol. The van der Waals surface area contributed by atoms with Gasteiger partial charge < -0.3 is 74.7 Å². The number of aliphatic hydroxyl groups is 2. The molecule has 0 aliphatic heterocycles. The highest BCUT2D eigenvalue weighted by molar-refractivity contribution is 5.96. The van der Waals surface area contributed by atoms with Crippen molar-refractivity contribution >= 4 is 70.2 Å². The van der Waals surface area contributed by atoms with Crippen LogP contribution in [0.2, 0.25) is 0 Å². The number of aromatic hydroxyl groups is 1. The number of hydrogen-bond acceptors (Lipinski definition) is 15. The van der Waals surface area contributed by atoms with Crippen LogP contribution in [-0.2, 0) is 51.3 Å². The van der Waals surface area contributed by atoms with E-state index in [4.69, 9.17) is 17.2 Å². The number of primary amides is 1. The summed E-state index contributed by atoms with van der Waals surface area (Å²) in [4.78, 5) is 137. The summed E-state index contributed by atoms with van der Waals surface area (Å²) in [5.41, 5.74) is 23.3. The smallest absolute Gasteiger partial charge is 0.355 e. The quantitative estimate of drug-likeness (QED) is 0.0238. The molecule has 0 spiro atoms. The first kappa shape index (κ1) is 65.2. The van der Waals surface area contributed by atoms with E-state index in [0.29, 0.717) is 31.2 Å². The number of H-pyrrole nitrogens is 1. The molecule has 79 heavy (non-hydrogen) atoms. The number of nitrogens with two attached hydrogens (primary N) is 3. The summed E-state index contributed by atoms with van der Waals surface area (Å²) < 4.78 is 0. The Morgan fingerprint density at radius 1 is 0.646 bits per heavy atom. The number of aromatic amines is 1. The van der Waals surface area contributed by atoms with Gasteiger partial charge in [0.2, 0.25) is 41.4 Å². The van der Waals surface area contributed by atoms with Gasteiger partial charge in [0.15, 0.2) is 0 Å². The number of rotatable bonds is 31. The van der Waals surface area contributed by atoms with Gasteiger partial charge in [0, 0.05) is 30.6 Å². The van der Waals surface area contributed by atoms with Crippen LogP contribution in [0.5, 0.6) is 5.75 Å². The number of unbranched alkanes of at least 4 members (excludes halogenated alkanes) is 2. The third-order valence-electron chi connectivity index (χ3n) is 12.1. The molecule has 1 aromatic heterocycles. The van der Waals surface area contributed by atoms with E-state index in [2.05, 4.69) is 53.1 Å². The minimum Gasteiger partial charge on any atom is -0.508 e. The van der Waals surface area contributed by atoms with Gasteiger partial charge in [0.05, 0.1) is 25.8 Å². The number of nitrogens with one attached hydrogen (secondary N) is 10. The summed E-state index contributed by atoms with van der Waals surface area (Å²) in [7, 11) is 0. The normalized spacial score (nSPS) is 13.7. The SMILES string of the molecule is CC(=O)N[C@H](C(=O)N[C@@H](CCCCN)C(=O)N[C@@H](CO)C(=O)NN(Cc1ccc(O)cc1)C(=O)NN(CCc1c[nH]c2ccccc12)C(=O)N[C@@H](CCCCN)C(=O)N[C@@H](C)C(=O)N[C@@H](CC(C)C)C(=O)NCC(N)=O)[C@@H](C)O. The highest BCUT2D eigenvalue weighted by atomic mass is 16.3. The number of aliphatic hydroxyl groups excluding tert-OH is 2. The Kier molecular flexibility index (Phi) is 27.5. The summed E-state index contributed by atoms with van der Waals surface area (Å²) in [6, 6.07) is 2.33. The maximum absolute atomic E-state index is 14.5. The fraction of sp³-hybridized carbons (Fsp3) is 0.529. The van der Waals surface area contributed by atoms with Gasteiger partial charge in [-0.15, -0.1) is 0 Å². The highest BCUT2D eigenvalue weighted by Gasteiger charge is 2.34. The first-order chi connectivity index (χ1) is 37.5. The summed E-state index contributed by atoms with van der Waals surface area (Å²) in [5.74, 6) is -6.91. The lowest BCUT2D eigenvalue weighted by molar-refractivity contribution is -0.136. The minimum absolute atomic E-state index is 0.00411. The number of benzene rings is 2. The maximum Gasteiger partial charge on any atom is 0.355 e. The molecule has 3 rings (SSSR count). The van der Waals surface area contributed by atoms with Gasteiger partial charge in [-0.05, 0) is 114 Å². The number of amides is 12. The van der Waals surface area contributed by atoms with Crippen molar-refractivity contribution in [2.45, 2.75) is 135 Å². The van der Waals surface area contributed by atoms with Crippen molar-refractivity contribution in [3.63, 3.8) is 0 Å². The van der Waals surface area contributed by atoms with E-state index in [1.807, 2.05) is 38.1 Å². The van der Waals surface area contributed by atoms with Crippen LogP contribution in [0.25, 0.3) is 10.9 Å². The van der Waals surface area contributed by atoms with E-state index in [0.717, 1.165) is 33.4 Å². The Morgan fingerprint density at radius 2 is 1.24 bits per heavy atom. The molecule has 3 aromatic rings. The number of fused-ring (bicyclic) bond motifs is 1. The highest BCUT2D eigenvalue weighted by Crippen LogP contribution is 2.19. The monoisotopic (exact) mass is 1110 g/mol. The lowest BCUT2D eigenvalue weighted by Crippen LogP contribution is -2.63. The Morgan fingerprint density at radius 3 is 1.82 bits per heavy atom. The number of carbonyl (C=O) groups is 10. The van der Waals surface area contributed by atoms with E-state index in [1.165, 1.54) is 38.1 Å². The summed E-state index contributed by atoms with van der Waals surface area (Å²) in [6.45, 7) is 5.65. The molecule has 0 bridgehead atoms. The number of aromatic nitrogens is 1. The zero-order valence-electron chi connectivity index (χ0n) is 45.3. The largest absolute Gasteiger partial charge is 0.508 e. The number of urea groups is 2. The van der Waals surface area contributed by atoms with E-state index in [-0.39, 0.29) is 57.0 Å². The summed E-state index contributed by atoms with van der Waals surface area (Å²) >= 11 is 0. The van der Waals surface area contributed by atoms with E-state index < -0.39 is 121 Å². The number of carbonyl (C=O) groups excluding carboxylic acids is 10. The molecule has 19 N–H and O–H groups in total. The van der Waals surface area contributed by atoms with Gasteiger partial charge in [-0.3, -0.25) is 43.8 Å². The van der Waals surface area contributed by atoms with E-state index >= 15 is 0 Å². The average Bonchev–Trinajstić information content (AvgIpc) is 3.82. The molecule has 0 radical (unpaired) electrons. The minimum atomic E-state index is -1.78. The van der Waals surface area contributed by atoms with Crippen molar-refractivity contribution in [2.24, 2.45) is 23.1 Å². The Bertz CT molecular complexity index is 2530. The van der Waals surface area contributed by atoms with Gasteiger partial charge in [0.25, 0.3) is 5.91 Å². The van der Waals surface area contributed by atoms with Gasteiger partial charge >= 0.3 is 12.1 Å².